The number of ether oxygens (including phenoxy) is 2. The van der Waals surface area contributed by atoms with Gasteiger partial charge in [-0.1, -0.05) is 11.6 Å². The van der Waals surface area contributed by atoms with Crippen molar-refractivity contribution in [2.24, 2.45) is 0 Å². The maximum absolute atomic E-state index is 13.3. The van der Waals surface area contributed by atoms with Gasteiger partial charge >= 0.3 is 0 Å². The van der Waals surface area contributed by atoms with Gasteiger partial charge in [-0.25, -0.2) is 18.4 Å². The molecule has 0 radical (unpaired) electrons. The maximum Gasteiger partial charge on any atom is 0.240 e. The van der Waals surface area contributed by atoms with Gasteiger partial charge in [-0.3, -0.25) is 9.29 Å². The summed E-state index contributed by atoms with van der Waals surface area (Å²) in [5.41, 5.74) is 0. The monoisotopic (exact) mass is 496 g/mol. The van der Waals surface area contributed by atoms with Crippen LogP contribution in [-0.2, 0) is 19.5 Å². The second kappa shape index (κ2) is 9.75. The summed E-state index contributed by atoms with van der Waals surface area (Å²) in [5, 5.41) is 7.64. The molecule has 0 spiro atoms. The maximum atomic E-state index is 13.3. The van der Waals surface area contributed by atoms with Gasteiger partial charge in [0.15, 0.2) is 11.6 Å². The first kappa shape index (κ1) is 23.6. The van der Waals surface area contributed by atoms with E-state index in [1.165, 1.54) is 26.4 Å². The lowest BCUT2D eigenvalue weighted by molar-refractivity contribution is 0.0601. The standard InChI is InChI=1S/C20H25ClN6O5S/c1-12-6-7-16(32-12)19-24-25-20(27(19)15-5-4-8-31-11-15)26-33(28,29)13(2)17(30-3)18-22-9-14(21)10-23-18/h6-7,9-10,13,15,17H,4-5,8,11H2,1-3H3,(H,25,26)/t13?,15-,17?/m1/s1. The summed E-state index contributed by atoms with van der Waals surface area (Å²) in [4.78, 5) is 8.21. The zero-order valence-corrected chi connectivity index (χ0v) is 20.0. The number of nitrogens with one attached hydrogen (secondary N) is 1. The molecule has 1 aliphatic heterocycles. The molecule has 1 fully saturated rings. The molecule has 0 amide bonds. The SMILES string of the molecule is COC(c1ncc(Cl)cn1)C(C)S(=O)(=O)Nc1nnc(-c2ccc(C)o2)n1[C@@H]1CCCOC1. The van der Waals surface area contributed by atoms with Crippen LogP contribution < -0.4 is 4.72 Å². The van der Waals surface area contributed by atoms with Crippen molar-refractivity contribution in [3.63, 3.8) is 0 Å². The van der Waals surface area contributed by atoms with Crippen LogP contribution >= 0.6 is 11.6 Å². The molecule has 3 aromatic heterocycles. The van der Waals surface area contributed by atoms with E-state index in [4.69, 9.17) is 25.5 Å². The lowest BCUT2D eigenvalue weighted by atomic mass is 10.1. The van der Waals surface area contributed by atoms with E-state index in [1.807, 2.05) is 13.0 Å². The Bertz CT molecular complexity index is 1190. The summed E-state index contributed by atoms with van der Waals surface area (Å²) in [6.45, 7) is 4.40. The molecule has 3 atom stereocenters. The van der Waals surface area contributed by atoms with E-state index >= 15 is 0 Å². The molecule has 4 rings (SSSR count). The number of hydrogen-bond donors (Lipinski definition) is 1. The number of nitrogens with zero attached hydrogens (tertiary/aromatic N) is 5. The van der Waals surface area contributed by atoms with Crippen LogP contribution in [0.1, 0.15) is 43.5 Å². The molecule has 0 aromatic carbocycles. The van der Waals surface area contributed by atoms with Crippen molar-refractivity contribution in [3.8, 4) is 11.6 Å². The van der Waals surface area contributed by atoms with Crippen LogP contribution in [0.5, 0.6) is 0 Å². The summed E-state index contributed by atoms with van der Waals surface area (Å²) in [5.74, 6) is 1.91. The van der Waals surface area contributed by atoms with Gasteiger partial charge < -0.3 is 13.9 Å². The van der Waals surface area contributed by atoms with Crippen LogP contribution in [0.2, 0.25) is 5.02 Å². The minimum absolute atomic E-state index is 0.0771. The molecule has 1 saturated heterocycles. The number of methoxy groups -OCH3 is 1. The molecule has 4 heterocycles. The van der Waals surface area contributed by atoms with Gasteiger partial charge in [0.1, 0.15) is 17.1 Å². The average Bonchev–Trinajstić information content (AvgIpc) is 3.41. The fraction of sp³-hybridized carbons (Fsp3) is 0.500. The highest BCUT2D eigenvalue weighted by Gasteiger charge is 2.35. The Balaban J connectivity index is 1.66. The third kappa shape index (κ3) is 5.03. The zero-order valence-electron chi connectivity index (χ0n) is 18.4. The first-order valence-corrected chi connectivity index (χ1v) is 12.3. The van der Waals surface area contributed by atoms with Crippen LogP contribution in [0.4, 0.5) is 5.95 Å². The molecule has 0 saturated carbocycles. The zero-order chi connectivity index (χ0) is 23.6. The number of hydrogen-bond acceptors (Lipinski definition) is 9. The quantitative estimate of drug-likeness (QED) is 0.498. The number of sulfonamides is 1. The largest absolute Gasteiger partial charge is 0.458 e. The van der Waals surface area contributed by atoms with E-state index in [9.17, 15) is 8.42 Å². The molecule has 1 N–H and O–H groups in total. The second-order valence-electron chi connectivity index (χ2n) is 7.77. The number of rotatable bonds is 8. The van der Waals surface area contributed by atoms with Gasteiger partial charge in [0, 0.05) is 26.1 Å². The van der Waals surface area contributed by atoms with Gasteiger partial charge in [-0.15, -0.1) is 10.2 Å². The molecule has 2 unspecified atom stereocenters. The Morgan fingerprint density at radius 3 is 2.64 bits per heavy atom. The average molecular weight is 497 g/mol. The van der Waals surface area contributed by atoms with Crippen molar-refractivity contribution >= 4 is 27.6 Å². The van der Waals surface area contributed by atoms with Crippen molar-refractivity contribution in [2.75, 3.05) is 25.0 Å². The lowest BCUT2D eigenvalue weighted by Gasteiger charge is -2.26. The predicted molar refractivity (Wildman–Crippen MR) is 120 cm³/mol. The summed E-state index contributed by atoms with van der Waals surface area (Å²) in [6.07, 6.45) is 3.47. The minimum Gasteiger partial charge on any atom is -0.458 e. The summed E-state index contributed by atoms with van der Waals surface area (Å²) in [7, 11) is -2.59. The third-order valence-corrected chi connectivity index (χ3v) is 7.34. The normalized spacial score (nSPS) is 18.7. The van der Waals surface area contributed by atoms with Crippen molar-refractivity contribution in [2.45, 2.75) is 44.1 Å². The van der Waals surface area contributed by atoms with Gasteiger partial charge in [0.25, 0.3) is 0 Å². The Morgan fingerprint density at radius 2 is 2.03 bits per heavy atom. The highest BCUT2D eigenvalue weighted by atomic mass is 35.5. The van der Waals surface area contributed by atoms with Crippen LogP contribution in [0.3, 0.4) is 0 Å². The predicted octanol–water partition coefficient (Wildman–Crippen LogP) is 3.16. The molecule has 0 bridgehead atoms. The van der Waals surface area contributed by atoms with E-state index < -0.39 is 21.4 Å². The van der Waals surface area contributed by atoms with Crippen LogP contribution in [0.15, 0.2) is 28.9 Å². The molecule has 3 aromatic rings. The number of aromatic nitrogens is 5. The fourth-order valence-corrected chi connectivity index (χ4v) is 4.95. The Kier molecular flexibility index (Phi) is 6.98. The summed E-state index contributed by atoms with van der Waals surface area (Å²) >= 11 is 5.85. The highest BCUT2D eigenvalue weighted by molar-refractivity contribution is 7.93. The number of aryl methyl sites for hydroxylation is 1. The molecule has 0 aliphatic carbocycles. The van der Waals surface area contributed by atoms with Gasteiger partial charge in [0.2, 0.25) is 21.8 Å². The molecular weight excluding hydrogens is 472 g/mol. The van der Waals surface area contributed by atoms with Gasteiger partial charge in [0.05, 0.1) is 17.7 Å². The van der Waals surface area contributed by atoms with Crippen molar-refractivity contribution in [1.82, 2.24) is 24.7 Å². The first-order valence-electron chi connectivity index (χ1n) is 10.4. The summed E-state index contributed by atoms with van der Waals surface area (Å²) in [6, 6.07) is 3.44. The minimum atomic E-state index is -3.99. The fourth-order valence-electron chi connectivity index (χ4n) is 3.72. The molecule has 1 aliphatic rings. The van der Waals surface area contributed by atoms with Gasteiger partial charge in [-0.05, 0) is 38.8 Å². The number of anilines is 1. The third-order valence-electron chi connectivity index (χ3n) is 5.46. The van der Waals surface area contributed by atoms with Crippen LogP contribution in [0.25, 0.3) is 11.6 Å². The molecular formula is C20H25ClN6O5S. The van der Waals surface area contributed by atoms with E-state index in [1.54, 1.807) is 10.6 Å². The lowest BCUT2D eigenvalue weighted by Crippen LogP contribution is -2.34. The molecule has 13 heteroatoms. The smallest absolute Gasteiger partial charge is 0.240 e. The van der Waals surface area contributed by atoms with E-state index in [2.05, 4.69) is 24.9 Å². The summed E-state index contributed by atoms with van der Waals surface area (Å²) < 4.78 is 47.7. The highest BCUT2D eigenvalue weighted by Crippen LogP contribution is 2.32. The van der Waals surface area contributed by atoms with E-state index in [0.717, 1.165) is 12.8 Å². The number of furan rings is 1. The van der Waals surface area contributed by atoms with Crippen LogP contribution in [0, 0.1) is 6.92 Å². The van der Waals surface area contributed by atoms with Gasteiger partial charge in [-0.2, -0.15) is 0 Å². The Hall–Kier alpha value is -2.54. The van der Waals surface area contributed by atoms with Crippen molar-refractivity contribution in [1.29, 1.82) is 0 Å². The number of halogens is 1. The topological polar surface area (TPSA) is 134 Å². The molecule has 178 valence electrons. The Labute approximate surface area is 196 Å². The Morgan fingerprint density at radius 1 is 1.27 bits per heavy atom. The van der Waals surface area contributed by atoms with Crippen molar-refractivity contribution in [3.05, 3.63) is 41.1 Å². The van der Waals surface area contributed by atoms with E-state index in [-0.39, 0.29) is 17.8 Å². The van der Waals surface area contributed by atoms with Crippen LogP contribution in [-0.4, -0.2) is 58.7 Å². The van der Waals surface area contributed by atoms with Crippen molar-refractivity contribution < 1.29 is 22.3 Å². The second-order valence-corrected chi connectivity index (χ2v) is 10.2. The molecule has 33 heavy (non-hydrogen) atoms. The molecule has 11 nitrogen and oxygen atoms in total. The van der Waals surface area contributed by atoms with E-state index in [0.29, 0.717) is 35.6 Å². The first-order chi connectivity index (χ1) is 15.8.